The van der Waals surface area contributed by atoms with Crippen molar-refractivity contribution in [2.75, 3.05) is 7.11 Å². The highest BCUT2D eigenvalue weighted by Gasteiger charge is 2.13. The third-order valence-corrected chi connectivity index (χ3v) is 3.36. The summed E-state index contributed by atoms with van der Waals surface area (Å²) in [5.41, 5.74) is 1.90. The van der Waals surface area contributed by atoms with Gasteiger partial charge in [0, 0.05) is 17.7 Å². The van der Waals surface area contributed by atoms with Gasteiger partial charge in [-0.1, -0.05) is 29.3 Å². The molecule has 0 aliphatic rings. The Balaban J connectivity index is 2.48. The van der Waals surface area contributed by atoms with Gasteiger partial charge in [-0.05, 0) is 29.8 Å². The van der Waals surface area contributed by atoms with Crippen molar-refractivity contribution in [3.63, 3.8) is 0 Å². The second kappa shape index (κ2) is 6.22. The van der Waals surface area contributed by atoms with Gasteiger partial charge in [-0.25, -0.2) is 9.78 Å². The van der Waals surface area contributed by atoms with E-state index in [1.165, 1.54) is 6.07 Å². The van der Waals surface area contributed by atoms with Crippen LogP contribution in [0.5, 0.6) is 0 Å². The molecule has 0 atom stereocenters. The number of rotatable bonds is 4. The topological polar surface area (TPSA) is 59.4 Å². The lowest BCUT2D eigenvalue weighted by Gasteiger charge is -2.08. The predicted molar refractivity (Wildman–Crippen MR) is 77.4 cm³/mol. The number of carboxylic acids is 1. The van der Waals surface area contributed by atoms with Crippen LogP contribution in [0.1, 0.15) is 16.1 Å². The maximum atomic E-state index is 11.0. The highest BCUT2D eigenvalue weighted by atomic mass is 35.5. The number of nitrogens with zero attached hydrogens (tertiary/aromatic N) is 1. The van der Waals surface area contributed by atoms with Crippen molar-refractivity contribution < 1.29 is 14.6 Å². The molecular formula is C14H11Cl2NO3. The SMILES string of the molecule is COCc1cc(-c2ccc(Cl)c(C(=O)O)n2)ccc1Cl. The van der Waals surface area contributed by atoms with E-state index in [4.69, 9.17) is 33.0 Å². The van der Waals surface area contributed by atoms with E-state index in [1.807, 2.05) is 6.07 Å². The number of methoxy groups -OCH3 is 1. The van der Waals surface area contributed by atoms with Crippen molar-refractivity contribution in [1.82, 2.24) is 4.98 Å². The first-order chi connectivity index (χ1) is 9.52. The van der Waals surface area contributed by atoms with Crippen LogP contribution in [-0.2, 0) is 11.3 Å². The molecule has 1 aromatic carbocycles. The number of benzene rings is 1. The van der Waals surface area contributed by atoms with Gasteiger partial charge in [0.15, 0.2) is 5.69 Å². The summed E-state index contributed by atoms with van der Waals surface area (Å²) in [6, 6.07) is 8.48. The Kier molecular flexibility index (Phi) is 4.60. The van der Waals surface area contributed by atoms with E-state index in [1.54, 1.807) is 25.3 Å². The molecular weight excluding hydrogens is 301 g/mol. The minimum absolute atomic E-state index is 0.104. The summed E-state index contributed by atoms with van der Waals surface area (Å²) < 4.78 is 5.06. The molecule has 0 radical (unpaired) electrons. The van der Waals surface area contributed by atoms with Gasteiger partial charge in [0.2, 0.25) is 0 Å². The molecule has 104 valence electrons. The second-order valence-electron chi connectivity index (χ2n) is 4.07. The van der Waals surface area contributed by atoms with Crippen molar-refractivity contribution >= 4 is 29.2 Å². The predicted octanol–water partition coefficient (Wildman–Crippen LogP) is 3.90. The molecule has 2 aromatic rings. The molecule has 0 saturated heterocycles. The monoisotopic (exact) mass is 311 g/mol. The highest BCUT2D eigenvalue weighted by Crippen LogP contribution is 2.26. The average Bonchev–Trinajstić information content (AvgIpc) is 2.42. The fourth-order valence-electron chi connectivity index (χ4n) is 1.75. The van der Waals surface area contributed by atoms with Crippen LogP contribution >= 0.6 is 23.2 Å². The minimum atomic E-state index is -1.16. The summed E-state index contributed by atoms with van der Waals surface area (Å²) in [5.74, 6) is -1.16. The molecule has 0 spiro atoms. The van der Waals surface area contributed by atoms with Crippen molar-refractivity contribution in [2.24, 2.45) is 0 Å². The summed E-state index contributed by atoms with van der Waals surface area (Å²) >= 11 is 11.9. The van der Waals surface area contributed by atoms with Gasteiger partial charge in [-0.3, -0.25) is 0 Å². The number of aromatic nitrogens is 1. The van der Waals surface area contributed by atoms with E-state index < -0.39 is 5.97 Å². The Labute approximate surface area is 125 Å². The van der Waals surface area contributed by atoms with Crippen LogP contribution in [-0.4, -0.2) is 23.2 Å². The Morgan fingerprint density at radius 1 is 1.25 bits per heavy atom. The molecule has 1 aromatic heterocycles. The third-order valence-electron chi connectivity index (χ3n) is 2.69. The maximum Gasteiger partial charge on any atom is 0.356 e. The van der Waals surface area contributed by atoms with Crippen LogP contribution < -0.4 is 0 Å². The first-order valence-electron chi connectivity index (χ1n) is 5.70. The Hall–Kier alpha value is -1.62. The zero-order chi connectivity index (χ0) is 14.7. The molecule has 0 amide bonds. The molecule has 6 heteroatoms. The van der Waals surface area contributed by atoms with E-state index in [-0.39, 0.29) is 10.7 Å². The number of aromatic carboxylic acids is 1. The van der Waals surface area contributed by atoms with Gasteiger partial charge in [0.25, 0.3) is 0 Å². The van der Waals surface area contributed by atoms with Crippen molar-refractivity contribution in [3.8, 4) is 11.3 Å². The molecule has 0 saturated carbocycles. The fourth-order valence-corrected chi connectivity index (χ4v) is 2.11. The summed E-state index contributed by atoms with van der Waals surface area (Å²) in [7, 11) is 1.58. The molecule has 20 heavy (non-hydrogen) atoms. The second-order valence-corrected chi connectivity index (χ2v) is 4.89. The van der Waals surface area contributed by atoms with Crippen LogP contribution in [0.4, 0.5) is 0 Å². The van der Waals surface area contributed by atoms with Crippen molar-refractivity contribution in [3.05, 3.63) is 51.6 Å². The van der Waals surface area contributed by atoms with Crippen LogP contribution in [0.15, 0.2) is 30.3 Å². The van der Waals surface area contributed by atoms with E-state index >= 15 is 0 Å². The number of carboxylic acid groups (broad SMARTS) is 1. The van der Waals surface area contributed by atoms with Gasteiger partial charge in [-0.15, -0.1) is 0 Å². The molecule has 1 N–H and O–H groups in total. The van der Waals surface area contributed by atoms with E-state index in [9.17, 15) is 4.79 Å². The molecule has 0 bridgehead atoms. The molecule has 0 fully saturated rings. The number of pyridine rings is 1. The number of halogens is 2. The summed E-state index contributed by atoms with van der Waals surface area (Å²) in [6.07, 6.45) is 0. The molecule has 4 nitrogen and oxygen atoms in total. The summed E-state index contributed by atoms with van der Waals surface area (Å²) in [6.45, 7) is 0.367. The van der Waals surface area contributed by atoms with Crippen LogP contribution in [0.25, 0.3) is 11.3 Å². The number of ether oxygens (including phenoxy) is 1. The Morgan fingerprint density at radius 2 is 1.95 bits per heavy atom. The smallest absolute Gasteiger partial charge is 0.356 e. The minimum Gasteiger partial charge on any atom is -0.476 e. The summed E-state index contributed by atoms with van der Waals surface area (Å²) in [4.78, 5) is 15.1. The number of hydrogen-bond donors (Lipinski definition) is 1. The molecule has 0 unspecified atom stereocenters. The Bertz CT molecular complexity index is 659. The number of carbonyl (C=O) groups is 1. The lowest BCUT2D eigenvalue weighted by Crippen LogP contribution is -2.02. The van der Waals surface area contributed by atoms with Crippen LogP contribution in [0, 0.1) is 0 Å². The lowest BCUT2D eigenvalue weighted by molar-refractivity contribution is 0.0691. The molecule has 1 heterocycles. The van der Waals surface area contributed by atoms with Crippen LogP contribution in [0.2, 0.25) is 10.0 Å². The molecule has 0 aliphatic heterocycles. The zero-order valence-corrected chi connectivity index (χ0v) is 12.1. The normalized spacial score (nSPS) is 10.6. The van der Waals surface area contributed by atoms with Crippen molar-refractivity contribution in [2.45, 2.75) is 6.61 Å². The quantitative estimate of drug-likeness (QED) is 0.930. The largest absolute Gasteiger partial charge is 0.476 e. The van der Waals surface area contributed by atoms with Crippen LogP contribution in [0.3, 0.4) is 0 Å². The van der Waals surface area contributed by atoms with Gasteiger partial charge in [0.05, 0.1) is 17.3 Å². The molecule has 0 aliphatic carbocycles. The standard InChI is InChI=1S/C14H11Cl2NO3/c1-20-7-9-6-8(2-3-10(9)15)12-5-4-11(16)13(17-12)14(18)19/h2-6H,7H2,1H3,(H,18,19). The summed E-state index contributed by atoms with van der Waals surface area (Å²) in [5, 5.41) is 9.72. The van der Waals surface area contributed by atoms with Gasteiger partial charge in [-0.2, -0.15) is 0 Å². The van der Waals surface area contributed by atoms with Gasteiger partial charge < -0.3 is 9.84 Å². The number of hydrogen-bond acceptors (Lipinski definition) is 3. The van der Waals surface area contributed by atoms with E-state index in [0.717, 1.165) is 11.1 Å². The maximum absolute atomic E-state index is 11.0. The first-order valence-corrected chi connectivity index (χ1v) is 6.46. The lowest BCUT2D eigenvalue weighted by atomic mass is 10.1. The van der Waals surface area contributed by atoms with Gasteiger partial charge in [0.1, 0.15) is 0 Å². The van der Waals surface area contributed by atoms with E-state index in [0.29, 0.717) is 17.3 Å². The highest BCUT2D eigenvalue weighted by molar-refractivity contribution is 6.33. The molecule has 2 rings (SSSR count). The van der Waals surface area contributed by atoms with Crippen molar-refractivity contribution in [1.29, 1.82) is 0 Å². The fraction of sp³-hybridized carbons (Fsp3) is 0.143. The zero-order valence-electron chi connectivity index (χ0n) is 10.6. The third kappa shape index (κ3) is 3.10. The van der Waals surface area contributed by atoms with Gasteiger partial charge >= 0.3 is 5.97 Å². The Morgan fingerprint density at radius 3 is 2.60 bits per heavy atom. The first kappa shape index (κ1) is 14.8. The average molecular weight is 312 g/mol. The van der Waals surface area contributed by atoms with E-state index in [2.05, 4.69) is 4.98 Å².